The molecule has 0 fully saturated rings. The number of rotatable bonds is 15. The van der Waals surface area contributed by atoms with Crippen molar-refractivity contribution in [1.82, 2.24) is 10.6 Å². The van der Waals surface area contributed by atoms with Crippen LogP contribution in [0.1, 0.15) is 40.5 Å². The van der Waals surface area contributed by atoms with E-state index in [4.69, 9.17) is 18.9 Å². The predicted octanol–water partition coefficient (Wildman–Crippen LogP) is 0.101. The second kappa shape index (κ2) is 16.0. The summed E-state index contributed by atoms with van der Waals surface area (Å²) in [7, 11) is 0. The third kappa shape index (κ3) is 15.2. The van der Waals surface area contributed by atoms with Gasteiger partial charge in [0.2, 0.25) is 11.8 Å². The molecule has 0 aromatic rings. The van der Waals surface area contributed by atoms with Crippen molar-refractivity contribution in [3.05, 3.63) is 24.3 Å². The predicted molar refractivity (Wildman–Crippen MR) is 118 cm³/mol. The van der Waals surface area contributed by atoms with Gasteiger partial charge < -0.3 is 29.6 Å². The Hall–Kier alpha value is -3.70. The fourth-order valence-corrected chi connectivity index (χ4v) is 2.00. The molecular weight excluding hydrogens is 452 g/mol. The molecule has 0 aliphatic rings. The second-order valence-corrected chi connectivity index (χ2v) is 7.40. The average Bonchev–Trinajstić information content (AvgIpc) is 2.76. The molecule has 2 N–H and O–H groups in total. The molecule has 0 rings (SSSR count). The maximum Gasteiger partial charge on any atom is 0.344 e. The summed E-state index contributed by atoms with van der Waals surface area (Å²) in [5, 5.41) is 5.00. The standard InChI is InChI=1S/C22H32N2O10/c1-13(2)21(29)23-9-15(5)33-19(27)11-31-17(25)7-8-18(26)32-12-20(28)34-16(6)10-24-22(30)14(3)4/h15-16H,1,3,7-12H2,2,4-6H3,(H,23,29)(H,24,30). The Labute approximate surface area is 198 Å². The molecule has 0 radical (unpaired) electrons. The lowest BCUT2D eigenvalue weighted by molar-refractivity contribution is -0.164. The molecule has 0 saturated heterocycles. The molecule has 2 amide bonds. The number of ether oxygens (including phenoxy) is 4. The van der Waals surface area contributed by atoms with Crippen LogP contribution >= 0.6 is 0 Å². The van der Waals surface area contributed by atoms with Crippen molar-refractivity contribution in [2.45, 2.75) is 52.7 Å². The van der Waals surface area contributed by atoms with Crippen LogP contribution in [0.4, 0.5) is 0 Å². The highest BCUT2D eigenvalue weighted by molar-refractivity contribution is 5.92. The fourth-order valence-electron chi connectivity index (χ4n) is 2.00. The molecule has 0 heterocycles. The molecule has 0 bridgehead atoms. The maximum atomic E-state index is 11.7. The second-order valence-electron chi connectivity index (χ2n) is 7.40. The normalized spacial score (nSPS) is 11.8. The maximum absolute atomic E-state index is 11.7. The van der Waals surface area contributed by atoms with E-state index in [-0.39, 0.29) is 37.7 Å². The van der Waals surface area contributed by atoms with Gasteiger partial charge in [0.15, 0.2) is 13.2 Å². The highest BCUT2D eigenvalue weighted by Gasteiger charge is 2.17. The van der Waals surface area contributed by atoms with Gasteiger partial charge in [0, 0.05) is 11.1 Å². The first-order valence-electron chi connectivity index (χ1n) is 10.4. The van der Waals surface area contributed by atoms with Gasteiger partial charge in [-0.1, -0.05) is 13.2 Å². The largest absolute Gasteiger partial charge is 0.458 e. The van der Waals surface area contributed by atoms with Gasteiger partial charge in [-0.2, -0.15) is 0 Å². The molecule has 190 valence electrons. The number of carbonyl (C=O) groups excluding carboxylic acids is 6. The molecule has 0 aromatic carbocycles. The van der Waals surface area contributed by atoms with Gasteiger partial charge >= 0.3 is 23.9 Å². The molecule has 12 nitrogen and oxygen atoms in total. The fraction of sp³-hybridized carbons (Fsp3) is 0.545. The van der Waals surface area contributed by atoms with Crippen LogP contribution in [0.2, 0.25) is 0 Å². The number of amides is 2. The number of nitrogens with one attached hydrogen (secondary N) is 2. The molecule has 34 heavy (non-hydrogen) atoms. The third-order valence-electron chi connectivity index (χ3n) is 3.78. The van der Waals surface area contributed by atoms with Crippen molar-refractivity contribution in [1.29, 1.82) is 0 Å². The van der Waals surface area contributed by atoms with Crippen LogP contribution in [0.25, 0.3) is 0 Å². The Kier molecular flexibility index (Phi) is 14.3. The van der Waals surface area contributed by atoms with Crippen LogP contribution < -0.4 is 10.6 Å². The SMILES string of the molecule is C=C(C)C(=O)NCC(C)OC(=O)COC(=O)CCC(=O)OCC(=O)OC(C)CNC(=O)C(=C)C. The van der Waals surface area contributed by atoms with E-state index in [0.717, 1.165) is 0 Å². The first-order valence-corrected chi connectivity index (χ1v) is 10.4. The van der Waals surface area contributed by atoms with E-state index in [1.54, 1.807) is 13.8 Å². The molecule has 0 spiro atoms. The number of esters is 4. The highest BCUT2D eigenvalue weighted by Crippen LogP contribution is 1.99. The summed E-state index contributed by atoms with van der Waals surface area (Å²) in [6, 6.07) is 0. The van der Waals surface area contributed by atoms with E-state index in [1.165, 1.54) is 13.8 Å². The Morgan fingerprint density at radius 1 is 0.647 bits per heavy atom. The topological polar surface area (TPSA) is 163 Å². The third-order valence-corrected chi connectivity index (χ3v) is 3.78. The lowest BCUT2D eigenvalue weighted by Gasteiger charge is -2.14. The van der Waals surface area contributed by atoms with Crippen LogP contribution in [0.5, 0.6) is 0 Å². The first-order chi connectivity index (χ1) is 15.8. The molecule has 12 heteroatoms. The van der Waals surface area contributed by atoms with Crippen LogP contribution in [-0.4, -0.2) is 74.2 Å². The molecular formula is C22H32N2O10. The van der Waals surface area contributed by atoms with Crippen LogP contribution in [0, 0.1) is 0 Å². The van der Waals surface area contributed by atoms with Gasteiger partial charge in [-0.05, 0) is 27.7 Å². The van der Waals surface area contributed by atoms with Crippen molar-refractivity contribution < 1.29 is 47.7 Å². The minimum absolute atomic E-state index is 0.0571. The van der Waals surface area contributed by atoms with E-state index in [2.05, 4.69) is 23.8 Å². The zero-order valence-electron chi connectivity index (χ0n) is 19.9. The van der Waals surface area contributed by atoms with Crippen molar-refractivity contribution in [3.8, 4) is 0 Å². The monoisotopic (exact) mass is 484 g/mol. The lowest BCUT2D eigenvalue weighted by atomic mass is 10.3. The Bertz CT molecular complexity index is 740. The minimum atomic E-state index is -0.846. The van der Waals surface area contributed by atoms with Gasteiger partial charge in [0.05, 0.1) is 25.9 Å². The molecule has 0 aliphatic heterocycles. The Balaban J connectivity index is 4.02. The van der Waals surface area contributed by atoms with Crippen molar-refractivity contribution in [2.75, 3.05) is 26.3 Å². The van der Waals surface area contributed by atoms with Gasteiger partial charge in [0.1, 0.15) is 12.2 Å². The van der Waals surface area contributed by atoms with Crippen LogP contribution in [0.15, 0.2) is 24.3 Å². The summed E-state index contributed by atoms with van der Waals surface area (Å²) in [6.07, 6.45) is -2.08. The molecule has 0 aliphatic carbocycles. The summed E-state index contributed by atoms with van der Waals surface area (Å²) in [6.45, 7) is 11.9. The summed E-state index contributed by atoms with van der Waals surface area (Å²) < 4.78 is 19.3. The van der Waals surface area contributed by atoms with Gasteiger partial charge in [-0.15, -0.1) is 0 Å². The number of hydrogen-bond acceptors (Lipinski definition) is 10. The highest BCUT2D eigenvalue weighted by atomic mass is 16.6. The molecule has 2 atom stereocenters. The van der Waals surface area contributed by atoms with Crippen molar-refractivity contribution in [3.63, 3.8) is 0 Å². The molecule has 2 unspecified atom stereocenters. The zero-order chi connectivity index (χ0) is 26.3. The summed E-state index contributed by atoms with van der Waals surface area (Å²) in [5.74, 6) is -4.11. The minimum Gasteiger partial charge on any atom is -0.458 e. The summed E-state index contributed by atoms with van der Waals surface area (Å²) in [4.78, 5) is 69.4. The van der Waals surface area contributed by atoms with E-state index >= 15 is 0 Å². The van der Waals surface area contributed by atoms with Gasteiger partial charge in [-0.3, -0.25) is 19.2 Å². The van der Waals surface area contributed by atoms with E-state index < -0.39 is 49.3 Å². The van der Waals surface area contributed by atoms with Crippen molar-refractivity contribution in [2.24, 2.45) is 0 Å². The first kappa shape index (κ1) is 30.3. The average molecular weight is 485 g/mol. The van der Waals surface area contributed by atoms with Crippen molar-refractivity contribution >= 4 is 35.7 Å². The number of hydrogen-bond donors (Lipinski definition) is 2. The van der Waals surface area contributed by atoms with Gasteiger partial charge in [0.25, 0.3) is 0 Å². The molecule has 0 saturated carbocycles. The van der Waals surface area contributed by atoms with E-state index in [1.807, 2.05) is 0 Å². The number of carbonyl (C=O) groups is 6. The quantitative estimate of drug-likeness (QED) is 0.185. The van der Waals surface area contributed by atoms with Crippen LogP contribution in [0.3, 0.4) is 0 Å². The van der Waals surface area contributed by atoms with Gasteiger partial charge in [-0.25, -0.2) is 9.59 Å². The zero-order valence-corrected chi connectivity index (χ0v) is 19.9. The van der Waals surface area contributed by atoms with E-state index in [0.29, 0.717) is 11.1 Å². The van der Waals surface area contributed by atoms with Crippen LogP contribution in [-0.2, 0) is 47.7 Å². The smallest absolute Gasteiger partial charge is 0.344 e. The lowest BCUT2D eigenvalue weighted by Crippen LogP contribution is -2.34. The summed E-state index contributed by atoms with van der Waals surface area (Å²) in [5.41, 5.74) is 0.614. The summed E-state index contributed by atoms with van der Waals surface area (Å²) >= 11 is 0. The Morgan fingerprint density at radius 3 is 1.26 bits per heavy atom. The Morgan fingerprint density at radius 2 is 0.971 bits per heavy atom. The molecule has 0 aromatic heterocycles. The van der Waals surface area contributed by atoms with E-state index in [9.17, 15) is 28.8 Å².